The number of hydrogen-bond donors (Lipinski definition) is 1. The van der Waals surface area contributed by atoms with E-state index in [0.717, 1.165) is 69.8 Å². The lowest BCUT2D eigenvalue weighted by atomic mass is 9.70. The summed E-state index contributed by atoms with van der Waals surface area (Å²) in [7, 11) is 0. The lowest BCUT2D eigenvalue weighted by Crippen LogP contribution is -2.27. The van der Waals surface area contributed by atoms with Gasteiger partial charge >= 0.3 is 0 Å². The first-order chi connectivity index (χ1) is 21.5. The van der Waals surface area contributed by atoms with E-state index < -0.39 is 0 Å². The molecule has 0 bridgehead atoms. The van der Waals surface area contributed by atoms with Gasteiger partial charge in [-0.05, 0) is 124 Å². The van der Waals surface area contributed by atoms with Crippen LogP contribution in [0.1, 0.15) is 163 Å². The van der Waals surface area contributed by atoms with E-state index in [2.05, 4.69) is 106 Å². The van der Waals surface area contributed by atoms with Gasteiger partial charge in [0.15, 0.2) is 0 Å². The molecule has 0 heterocycles. The lowest BCUT2D eigenvalue weighted by molar-refractivity contribution is 0.442. The van der Waals surface area contributed by atoms with Crippen LogP contribution in [0.2, 0.25) is 0 Å². The molecule has 1 N–H and O–H groups in total. The predicted molar refractivity (Wildman–Crippen MR) is 198 cm³/mol. The molecular formula is C44H66O. The molecule has 0 radical (unpaired) electrons. The maximum Gasteiger partial charge on any atom is 0.119 e. The second-order valence-electron chi connectivity index (χ2n) is 15.0. The number of aromatic hydroxyl groups is 1. The molecule has 0 aliphatic carbocycles. The summed E-state index contributed by atoms with van der Waals surface area (Å²) < 4.78 is 0. The lowest BCUT2D eigenvalue weighted by Gasteiger charge is -2.34. The van der Waals surface area contributed by atoms with Crippen molar-refractivity contribution in [2.45, 2.75) is 170 Å². The Morgan fingerprint density at radius 2 is 0.822 bits per heavy atom. The van der Waals surface area contributed by atoms with Gasteiger partial charge in [-0.25, -0.2) is 0 Å². The van der Waals surface area contributed by atoms with Crippen molar-refractivity contribution in [3.05, 3.63) is 98.1 Å². The summed E-state index contributed by atoms with van der Waals surface area (Å²) in [5, 5.41) is 11.4. The third kappa shape index (κ3) is 8.84. The molecule has 3 aromatic rings. The fraction of sp³-hybridized carbons (Fsp3) is 0.591. The second-order valence-corrected chi connectivity index (χ2v) is 15.0. The molecule has 1 nitrogen and oxygen atoms in total. The molecule has 0 saturated heterocycles. The number of phenols is 1. The molecule has 0 aliphatic heterocycles. The zero-order valence-corrected chi connectivity index (χ0v) is 30.9. The van der Waals surface area contributed by atoms with Crippen LogP contribution in [0.15, 0.2) is 42.5 Å². The van der Waals surface area contributed by atoms with Crippen LogP contribution < -0.4 is 0 Å². The minimum Gasteiger partial charge on any atom is -0.508 e. The summed E-state index contributed by atoms with van der Waals surface area (Å²) in [5.41, 5.74) is 14.7. The molecule has 0 saturated carbocycles. The highest BCUT2D eigenvalue weighted by molar-refractivity contribution is 5.50. The summed E-state index contributed by atoms with van der Waals surface area (Å²) in [4.78, 5) is 0. The standard InChI is InChI=1S/C44H66O/c1-11-18-32-26-28-40(37(22-15-5)35(32)20-13-3)43(7,8)30-34-24-17-25-42(45)39(34)31-44(9,10)41-29-27-33(19-12-2)36(21-14-4)38(41)23-16-6/h17,24-29,45H,11-16,18-23,30-31H2,1-10H3. The molecule has 0 spiro atoms. The molecule has 0 aromatic heterocycles. The van der Waals surface area contributed by atoms with Crippen LogP contribution in [0.3, 0.4) is 0 Å². The highest BCUT2D eigenvalue weighted by Crippen LogP contribution is 2.41. The average Bonchev–Trinajstić information content (AvgIpc) is 2.98. The average molecular weight is 611 g/mol. The first-order valence-electron chi connectivity index (χ1n) is 18.6. The third-order valence-corrected chi connectivity index (χ3v) is 10.1. The van der Waals surface area contributed by atoms with Crippen molar-refractivity contribution in [1.29, 1.82) is 0 Å². The highest BCUT2D eigenvalue weighted by atomic mass is 16.3. The minimum atomic E-state index is -0.0983. The Bertz CT molecular complexity index is 1370. The number of phenolic OH excluding ortho intramolecular Hbond substituents is 1. The number of aryl methyl sites for hydroxylation is 2. The summed E-state index contributed by atoms with van der Waals surface area (Å²) >= 11 is 0. The Morgan fingerprint density at radius 1 is 0.422 bits per heavy atom. The molecule has 0 fully saturated rings. The van der Waals surface area contributed by atoms with Gasteiger partial charge in [0, 0.05) is 0 Å². The summed E-state index contributed by atoms with van der Waals surface area (Å²) in [6.45, 7) is 23.5. The van der Waals surface area contributed by atoms with Crippen molar-refractivity contribution in [2.75, 3.05) is 0 Å². The quantitative estimate of drug-likeness (QED) is 0.152. The van der Waals surface area contributed by atoms with Crippen molar-refractivity contribution in [3.63, 3.8) is 0 Å². The molecule has 1 heteroatoms. The molecule has 248 valence electrons. The second kappa shape index (κ2) is 16.9. The molecule has 0 amide bonds. The molecular weight excluding hydrogens is 544 g/mol. The van der Waals surface area contributed by atoms with Gasteiger partial charge < -0.3 is 5.11 Å². The van der Waals surface area contributed by atoms with Crippen LogP contribution >= 0.6 is 0 Å². The van der Waals surface area contributed by atoms with E-state index in [0.29, 0.717) is 5.75 Å². The van der Waals surface area contributed by atoms with Gasteiger partial charge in [-0.1, -0.05) is 144 Å². The van der Waals surface area contributed by atoms with Crippen molar-refractivity contribution in [3.8, 4) is 5.75 Å². The molecule has 3 rings (SSSR count). The van der Waals surface area contributed by atoms with Crippen molar-refractivity contribution in [2.24, 2.45) is 0 Å². The van der Waals surface area contributed by atoms with Crippen LogP contribution in [0.4, 0.5) is 0 Å². The monoisotopic (exact) mass is 611 g/mol. The first kappa shape index (κ1) is 36.9. The number of rotatable bonds is 18. The Kier molecular flexibility index (Phi) is 13.8. The van der Waals surface area contributed by atoms with Crippen LogP contribution in [0.5, 0.6) is 5.75 Å². The zero-order chi connectivity index (χ0) is 33.2. The molecule has 3 aromatic carbocycles. The van der Waals surface area contributed by atoms with E-state index in [9.17, 15) is 5.11 Å². The van der Waals surface area contributed by atoms with Crippen molar-refractivity contribution in [1.82, 2.24) is 0 Å². The first-order valence-corrected chi connectivity index (χ1v) is 18.6. The van der Waals surface area contributed by atoms with E-state index in [1.165, 1.54) is 42.4 Å². The normalized spacial score (nSPS) is 12.2. The highest BCUT2D eigenvalue weighted by Gasteiger charge is 2.31. The van der Waals surface area contributed by atoms with Gasteiger partial charge in [0.25, 0.3) is 0 Å². The zero-order valence-electron chi connectivity index (χ0n) is 30.9. The topological polar surface area (TPSA) is 20.2 Å². The van der Waals surface area contributed by atoms with Crippen LogP contribution in [-0.2, 0) is 62.2 Å². The van der Waals surface area contributed by atoms with E-state index >= 15 is 0 Å². The maximum absolute atomic E-state index is 11.4. The fourth-order valence-corrected chi connectivity index (χ4v) is 8.05. The van der Waals surface area contributed by atoms with Crippen LogP contribution in [0, 0.1) is 0 Å². The van der Waals surface area contributed by atoms with Gasteiger partial charge in [-0.2, -0.15) is 0 Å². The van der Waals surface area contributed by atoms with Crippen LogP contribution in [-0.4, -0.2) is 5.11 Å². The molecule has 0 aliphatic rings. The van der Waals surface area contributed by atoms with Gasteiger partial charge in [-0.15, -0.1) is 0 Å². The number of benzene rings is 3. The van der Waals surface area contributed by atoms with Crippen molar-refractivity contribution >= 4 is 0 Å². The minimum absolute atomic E-state index is 0.0477. The SMILES string of the molecule is CCCc1ccc(C(C)(C)Cc2cccc(O)c2CC(C)(C)c2ccc(CCC)c(CCC)c2CCC)c(CCC)c1CCC. The Balaban J connectivity index is 2.10. The van der Waals surface area contributed by atoms with Gasteiger partial charge in [0.1, 0.15) is 5.75 Å². The Morgan fingerprint density at radius 3 is 1.24 bits per heavy atom. The third-order valence-electron chi connectivity index (χ3n) is 10.1. The number of hydrogen-bond acceptors (Lipinski definition) is 1. The van der Waals surface area contributed by atoms with E-state index in [-0.39, 0.29) is 10.8 Å². The molecule has 0 atom stereocenters. The predicted octanol–water partition coefficient (Wildman–Crippen LogP) is 12.1. The van der Waals surface area contributed by atoms with Crippen LogP contribution in [0.25, 0.3) is 0 Å². The van der Waals surface area contributed by atoms with Gasteiger partial charge in [0.2, 0.25) is 0 Å². The van der Waals surface area contributed by atoms with E-state index in [4.69, 9.17) is 0 Å². The summed E-state index contributed by atoms with van der Waals surface area (Å²) in [6, 6.07) is 16.0. The van der Waals surface area contributed by atoms with E-state index in [1.807, 2.05) is 6.07 Å². The maximum atomic E-state index is 11.4. The largest absolute Gasteiger partial charge is 0.508 e. The van der Waals surface area contributed by atoms with Gasteiger partial charge in [-0.3, -0.25) is 0 Å². The van der Waals surface area contributed by atoms with E-state index in [1.54, 1.807) is 33.4 Å². The Labute approximate surface area is 278 Å². The van der Waals surface area contributed by atoms with Crippen molar-refractivity contribution < 1.29 is 5.11 Å². The fourth-order valence-electron chi connectivity index (χ4n) is 8.05. The smallest absolute Gasteiger partial charge is 0.119 e. The Hall–Kier alpha value is -2.54. The summed E-state index contributed by atoms with van der Waals surface area (Å²) in [5.74, 6) is 0.448. The van der Waals surface area contributed by atoms with Gasteiger partial charge in [0.05, 0.1) is 0 Å². The summed E-state index contributed by atoms with van der Waals surface area (Å²) in [6.07, 6.45) is 15.7. The molecule has 0 unspecified atom stereocenters. The molecule has 45 heavy (non-hydrogen) atoms.